The molecule has 0 bridgehead atoms. The van der Waals surface area contributed by atoms with E-state index in [-0.39, 0.29) is 16.6 Å². The van der Waals surface area contributed by atoms with E-state index < -0.39 is 17.2 Å². The number of amides is 1. The van der Waals surface area contributed by atoms with Crippen molar-refractivity contribution in [1.82, 2.24) is 10.2 Å². The van der Waals surface area contributed by atoms with Gasteiger partial charge in [0.25, 0.3) is 5.91 Å². The number of nitrogens with one attached hydrogen (secondary N) is 1. The lowest BCUT2D eigenvalue weighted by molar-refractivity contribution is 0.0973. The minimum absolute atomic E-state index is 0.0163. The van der Waals surface area contributed by atoms with Crippen LogP contribution in [0.4, 0.5) is 10.1 Å². The molecular formula is C22H22FN3O2. The Morgan fingerprint density at radius 1 is 1.07 bits per heavy atom. The second-order valence-electron chi connectivity index (χ2n) is 7.32. The van der Waals surface area contributed by atoms with Crippen LogP contribution in [0.2, 0.25) is 0 Å². The number of hydrogen-bond donors (Lipinski definition) is 1. The van der Waals surface area contributed by atoms with Gasteiger partial charge in [0, 0.05) is 12.2 Å². The summed E-state index contributed by atoms with van der Waals surface area (Å²) in [6.45, 7) is 0.547. The number of anilines is 1. The molecule has 144 valence electrons. The van der Waals surface area contributed by atoms with Crippen molar-refractivity contribution in [2.45, 2.75) is 32.1 Å². The third kappa shape index (κ3) is 3.54. The summed E-state index contributed by atoms with van der Waals surface area (Å²) in [5.74, 6) is -0.623. The molecule has 1 saturated carbocycles. The van der Waals surface area contributed by atoms with Crippen molar-refractivity contribution in [3.8, 4) is 0 Å². The predicted molar refractivity (Wildman–Crippen MR) is 107 cm³/mol. The highest BCUT2D eigenvalue weighted by Crippen LogP contribution is 2.27. The van der Waals surface area contributed by atoms with Gasteiger partial charge in [0.1, 0.15) is 11.3 Å². The molecule has 0 spiro atoms. The molecular weight excluding hydrogens is 357 g/mol. The van der Waals surface area contributed by atoms with Gasteiger partial charge in [-0.2, -0.15) is 5.10 Å². The number of H-pyrrole nitrogens is 1. The summed E-state index contributed by atoms with van der Waals surface area (Å²) < 4.78 is 13.9. The molecule has 1 aromatic heterocycles. The molecule has 0 unspecified atom stereocenters. The number of carbonyl (C=O) groups excluding carboxylic acids is 1. The maximum atomic E-state index is 13.9. The van der Waals surface area contributed by atoms with E-state index in [2.05, 4.69) is 10.2 Å². The van der Waals surface area contributed by atoms with Crippen LogP contribution in [-0.2, 0) is 0 Å². The fourth-order valence-corrected chi connectivity index (χ4v) is 3.93. The van der Waals surface area contributed by atoms with E-state index >= 15 is 0 Å². The number of fused-ring (bicyclic) bond motifs is 1. The van der Waals surface area contributed by atoms with Gasteiger partial charge in [-0.25, -0.2) is 4.39 Å². The summed E-state index contributed by atoms with van der Waals surface area (Å²) in [5.41, 5.74) is -0.0122. The summed E-state index contributed by atoms with van der Waals surface area (Å²) in [7, 11) is 0. The first kappa shape index (κ1) is 18.3. The van der Waals surface area contributed by atoms with E-state index in [1.165, 1.54) is 24.6 Å². The van der Waals surface area contributed by atoms with Crippen LogP contribution < -0.4 is 10.3 Å². The SMILES string of the molecule is O=C(c1n[nH]c2c(F)cccc2c1=O)N(CC1CCCCC1)c1ccccc1. The minimum atomic E-state index is -0.566. The standard InChI is InChI=1S/C22H22FN3O2/c23-18-13-7-12-17-19(18)24-25-20(21(17)27)22(28)26(16-10-5-2-6-11-16)14-15-8-3-1-4-9-15/h2,5-7,10-13,15H,1,3-4,8-9,14H2,(H,24,27). The molecule has 0 radical (unpaired) electrons. The minimum Gasteiger partial charge on any atom is -0.307 e. The van der Waals surface area contributed by atoms with Crippen molar-refractivity contribution in [2.75, 3.05) is 11.4 Å². The molecule has 4 rings (SSSR count). The van der Waals surface area contributed by atoms with Crippen molar-refractivity contribution in [2.24, 2.45) is 5.92 Å². The van der Waals surface area contributed by atoms with Crippen LogP contribution in [0.15, 0.2) is 53.3 Å². The van der Waals surface area contributed by atoms with Crippen LogP contribution in [0.1, 0.15) is 42.6 Å². The van der Waals surface area contributed by atoms with Crippen LogP contribution in [0.25, 0.3) is 10.9 Å². The summed E-state index contributed by atoms with van der Waals surface area (Å²) in [6.07, 6.45) is 5.70. The molecule has 6 heteroatoms. The number of carbonyl (C=O) groups is 1. The zero-order valence-corrected chi connectivity index (χ0v) is 15.5. The van der Waals surface area contributed by atoms with Gasteiger partial charge in [0.2, 0.25) is 5.43 Å². The third-order valence-electron chi connectivity index (χ3n) is 5.43. The number of para-hydroxylation sites is 2. The molecule has 1 aliphatic rings. The zero-order valence-electron chi connectivity index (χ0n) is 15.5. The lowest BCUT2D eigenvalue weighted by Gasteiger charge is -2.29. The monoisotopic (exact) mass is 379 g/mol. The number of nitrogens with zero attached hydrogens (tertiary/aromatic N) is 2. The second-order valence-corrected chi connectivity index (χ2v) is 7.32. The summed E-state index contributed by atoms with van der Waals surface area (Å²) >= 11 is 0. The smallest absolute Gasteiger partial charge is 0.282 e. The van der Waals surface area contributed by atoms with Gasteiger partial charge in [0.05, 0.1) is 5.39 Å². The maximum absolute atomic E-state index is 13.9. The normalized spacial score (nSPS) is 14.9. The molecule has 0 saturated heterocycles. The van der Waals surface area contributed by atoms with E-state index in [1.807, 2.05) is 30.3 Å². The van der Waals surface area contributed by atoms with Crippen molar-refractivity contribution in [3.05, 3.63) is 70.3 Å². The van der Waals surface area contributed by atoms with E-state index in [0.717, 1.165) is 31.4 Å². The van der Waals surface area contributed by atoms with Crippen LogP contribution in [0.5, 0.6) is 0 Å². The molecule has 0 aliphatic heterocycles. The topological polar surface area (TPSA) is 66.1 Å². The number of halogens is 1. The average molecular weight is 379 g/mol. The highest BCUT2D eigenvalue weighted by atomic mass is 19.1. The first-order valence-electron chi connectivity index (χ1n) is 9.69. The number of benzene rings is 2. The predicted octanol–water partition coefficient (Wildman–Crippen LogP) is 4.29. The van der Waals surface area contributed by atoms with Gasteiger partial charge in [-0.3, -0.25) is 14.7 Å². The third-order valence-corrected chi connectivity index (χ3v) is 5.43. The first-order valence-corrected chi connectivity index (χ1v) is 9.69. The molecule has 3 aromatic rings. The number of aromatic amines is 1. The zero-order chi connectivity index (χ0) is 19.5. The highest BCUT2D eigenvalue weighted by Gasteiger charge is 2.26. The van der Waals surface area contributed by atoms with Gasteiger partial charge in [-0.15, -0.1) is 0 Å². The Bertz CT molecular complexity index is 1040. The van der Waals surface area contributed by atoms with Crippen LogP contribution in [0.3, 0.4) is 0 Å². The summed E-state index contributed by atoms with van der Waals surface area (Å²) in [5, 5.41) is 6.61. The Kier molecular flexibility index (Phi) is 5.19. The molecule has 1 amide bonds. The number of rotatable bonds is 4. The fourth-order valence-electron chi connectivity index (χ4n) is 3.93. The maximum Gasteiger partial charge on any atom is 0.282 e. The van der Waals surface area contributed by atoms with Gasteiger partial charge in [0.15, 0.2) is 5.69 Å². The molecule has 5 nitrogen and oxygen atoms in total. The quantitative estimate of drug-likeness (QED) is 0.735. The highest BCUT2D eigenvalue weighted by molar-refractivity contribution is 6.06. The Morgan fingerprint density at radius 3 is 2.57 bits per heavy atom. The van der Waals surface area contributed by atoms with Crippen LogP contribution >= 0.6 is 0 Å². The fraction of sp³-hybridized carbons (Fsp3) is 0.318. The van der Waals surface area contributed by atoms with E-state index in [1.54, 1.807) is 4.90 Å². The van der Waals surface area contributed by atoms with E-state index in [9.17, 15) is 14.0 Å². The van der Waals surface area contributed by atoms with Crippen molar-refractivity contribution in [3.63, 3.8) is 0 Å². The Labute approximate surface area is 162 Å². The van der Waals surface area contributed by atoms with Gasteiger partial charge >= 0.3 is 0 Å². The first-order chi connectivity index (χ1) is 13.6. The second kappa shape index (κ2) is 7.92. The number of hydrogen-bond acceptors (Lipinski definition) is 3. The Hall–Kier alpha value is -3.02. The number of aromatic nitrogens is 2. The van der Waals surface area contributed by atoms with Crippen molar-refractivity contribution < 1.29 is 9.18 Å². The van der Waals surface area contributed by atoms with Gasteiger partial charge in [-0.05, 0) is 43.0 Å². The van der Waals surface area contributed by atoms with E-state index in [0.29, 0.717) is 12.5 Å². The molecule has 1 fully saturated rings. The Morgan fingerprint density at radius 2 is 1.82 bits per heavy atom. The molecule has 1 N–H and O–H groups in total. The molecule has 1 heterocycles. The summed E-state index contributed by atoms with van der Waals surface area (Å²) in [4.78, 5) is 27.8. The van der Waals surface area contributed by atoms with Gasteiger partial charge in [-0.1, -0.05) is 43.5 Å². The van der Waals surface area contributed by atoms with Crippen molar-refractivity contribution >= 4 is 22.5 Å². The van der Waals surface area contributed by atoms with Gasteiger partial charge < -0.3 is 4.90 Å². The largest absolute Gasteiger partial charge is 0.307 e. The molecule has 2 aromatic carbocycles. The summed E-state index contributed by atoms with van der Waals surface area (Å²) in [6, 6.07) is 13.5. The molecule has 0 atom stereocenters. The molecule has 28 heavy (non-hydrogen) atoms. The van der Waals surface area contributed by atoms with Crippen LogP contribution in [-0.4, -0.2) is 22.6 Å². The van der Waals surface area contributed by atoms with Crippen molar-refractivity contribution in [1.29, 1.82) is 0 Å². The van der Waals surface area contributed by atoms with Crippen LogP contribution in [0, 0.1) is 11.7 Å². The Balaban J connectivity index is 1.74. The average Bonchev–Trinajstić information content (AvgIpc) is 2.74. The molecule has 1 aliphatic carbocycles. The lowest BCUT2D eigenvalue weighted by atomic mass is 9.88. The lowest BCUT2D eigenvalue weighted by Crippen LogP contribution is -2.39. The van der Waals surface area contributed by atoms with E-state index in [4.69, 9.17) is 0 Å².